The first-order valence-corrected chi connectivity index (χ1v) is 5.95. The van der Waals surface area contributed by atoms with Crippen LogP contribution in [-0.2, 0) is 4.79 Å². The molecule has 0 saturated carbocycles. The summed E-state index contributed by atoms with van der Waals surface area (Å²) in [6.07, 6.45) is 0. The highest BCUT2D eigenvalue weighted by atomic mass is 19.1. The van der Waals surface area contributed by atoms with Gasteiger partial charge in [-0.2, -0.15) is 0 Å². The van der Waals surface area contributed by atoms with E-state index in [4.69, 9.17) is 5.73 Å². The van der Waals surface area contributed by atoms with Crippen molar-refractivity contribution in [1.82, 2.24) is 0 Å². The van der Waals surface area contributed by atoms with Crippen molar-refractivity contribution in [3.05, 3.63) is 65.5 Å². The number of hydrogen-bond donors (Lipinski definition) is 2. The number of nitrogens with two attached hydrogens (primary N) is 1. The summed E-state index contributed by atoms with van der Waals surface area (Å²) in [7, 11) is 0. The van der Waals surface area contributed by atoms with Crippen LogP contribution in [0.15, 0.2) is 48.5 Å². The van der Waals surface area contributed by atoms with Crippen LogP contribution in [0, 0.1) is 12.7 Å². The number of benzene rings is 2. The Balaban J connectivity index is 2.09. The highest BCUT2D eigenvalue weighted by Gasteiger charge is 2.15. The van der Waals surface area contributed by atoms with Crippen LogP contribution in [0.5, 0.6) is 0 Å². The van der Waals surface area contributed by atoms with Gasteiger partial charge < -0.3 is 11.1 Å². The molecule has 0 bridgehead atoms. The molecule has 2 rings (SSSR count). The van der Waals surface area contributed by atoms with Crippen LogP contribution in [0.3, 0.4) is 0 Å². The van der Waals surface area contributed by atoms with E-state index < -0.39 is 11.9 Å². The number of amides is 1. The van der Waals surface area contributed by atoms with Gasteiger partial charge in [0.25, 0.3) is 0 Å². The molecule has 2 aromatic carbocycles. The zero-order chi connectivity index (χ0) is 13.8. The quantitative estimate of drug-likeness (QED) is 0.889. The molecule has 19 heavy (non-hydrogen) atoms. The fourth-order valence-corrected chi connectivity index (χ4v) is 1.71. The maximum absolute atomic E-state index is 13.0. The van der Waals surface area contributed by atoms with E-state index >= 15 is 0 Å². The number of aryl methyl sites for hydroxylation is 1. The maximum atomic E-state index is 13.0. The summed E-state index contributed by atoms with van der Waals surface area (Å²) in [6, 6.07) is 12.3. The van der Waals surface area contributed by atoms with Crippen LogP contribution in [0.25, 0.3) is 0 Å². The van der Waals surface area contributed by atoms with Crippen LogP contribution in [0.4, 0.5) is 10.1 Å². The minimum Gasteiger partial charge on any atom is -0.324 e. The minimum atomic E-state index is -0.774. The first-order valence-electron chi connectivity index (χ1n) is 5.95. The number of anilines is 1. The zero-order valence-corrected chi connectivity index (χ0v) is 10.6. The number of nitrogens with one attached hydrogen (secondary N) is 1. The monoisotopic (exact) mass is 258 g/mol. The van der Waals surface area contributed by atoms with Gasteiger partial charge in [-0.25, -0.2) is 4.39 Å². The normalized spacial score (nSPS) is 11.9. The van der Waals surface area contributed by atoms with Crippen molar-refractivity contribution >= 4 is 11.6 Å². The lowest BCUT2D eigenvalue weighted by Gasteiger charge is -2.13. The van der Waals surface area contributed by atoms with Crippen LogP contribution < -0.4 is 11.1 Å². The van der Waals surface area contributed by atoms with Crippen molar-refractivity contribution in [2.45, 2.75) is 13.0 Å². The fraction of sp³-hybridized carbons (Fsp3) is 0.133. The van der Waals surface area contributed by atoms with Crippen molar-refractivity contribution in [3.63, 3.8) is 0 Å². The predicted molar refractivity (Wildman–Crippen MR) is 73.1 cm³/mol. The molecule has 2 aromatic rings. The van der Waals surface area contributed by atoms with E-state index in [2.05, 4.69) is 5.32 Å². The summed E-state index contributed by atoms with van der Waals surface area (Å²) in [5.41, 5.74) is 8.08. The summed E-state index contributed by atoms with van der Waals surface area (Å²) in [6.45, 7) is 1.96. The number of halogens is 1. The second-order valence-electron chi connectivity index (χ2n) is 4.39. The summed E-state index contributed by atoms with van der Waals surface area (Å²) < 4.78 is 13.0. The molecule has 1 amide bonds. The van der Waals surface area contributed by atoms with Crippen LogP contribution in [0.2, 0.25) is 0 Å². The second-order valence-corrected chi connectivity index (χ2v) is 4.39. The van der Waals surface area contributed by atoms with Crippen molar-refractivity contribution in [2.24, 2.45) is 5.73 Å². The second kappa shape index (κ2) is 5.63. The molecule has 0 saturated heterocycles. The molecule has 98 valence electrons. The van der Waals surface area contributed by atoms with Crippen LogP contribution >= 0.6 is 0 Å². The Morgan fingerprint density at radius 2 is 1.89 bits per heavy atom. The molecule has 0 aromatic heterocycles. The van der Waals surface area contributed by atoms with E-state index in [0.29, 0.717) is 5.69 Å². The average molecular weight is 258 g/mol. The van der Waals surface area contributed by atoms with E-state index in [9.17, 15) is 9.18 Å². The Hall–Kier alpha value is -2.20. The third-order valence-corrected chi connectivity index (χ3v) is 2.81. The van der Waals surface area contributed by atoms with Crippen LogP contribution in [0.1, 0.15) is 17.2 Å². The zero-order valence-electron chi connectivity index (χ0n) is 10.6. The first-order chi connectivity index (χ1) is 9.06. The summed E-state index contributed by atoms with van der Waals surface area (Å²) in [5.74, 6) is -0.767. The van der Waals surface area contributed by atoms with E-state index in [-0.39, 0.29) is 5.91 Å². The number of carbonyl (C=O) groups is 1. The molecular formula is C15H15FN2O. The van der Waals surface area contributed by atoms with E-state index in [1.807, 2.05) is 31.2 Å². The summed E-state index contributed by atoms with van der Waals surface area (Å²) >= 11 is 0. The number of rotatable bonds is 3. The molecule has 1 unspecified atom stereocenters. The Morgan fingerprint density at radius 1 is 1.21 bits per heavy atom. The molecule has 0 heterocycles. The lowest BCUT2D eigenvalue weighted by Crippen LogP contribution is -2.27. The molecule has 0 radical (unpaired) electrons. The third kappa shape index (κ3) is 3.39. The molecule has 0 fully saturated rings. The molecule has 0 aliphatic rings. The maximum Gasteiger partial charge on any atom is 0.245 e. The summed E-state index contributed by atoms with van der Waals surface area (Å²) in [5, 5.41) is 2.59. The molecule has 4 heteroatoms. The van der Waals surface area contributed by atoms with Crippen LogP contribution in [-0.4, -0.2) is 5.91 Å². The van der Waals surface area contributed by atoms with Crippen molar-refractivity contribution in [3.8, 4) is 0 Å². The summed E-state index contributed by atoms with van der Waals surface area (Å²) in [4.78, 5) is 12.0. The molecule has 3 N–H and O–H groups in total. The van der Waals surface area contributed by atoms with Gasteiger partial charge in [-0.05, 0) is 30.7 Å². The third-order valence-electron chi connectivity index (χ3n) is 2.81. The minimum absolute atomic E-state index is 0.366. The largest absolute Gasteiger partial charge is 0.324 e. The van der Waals surface area contributed by atoms with Crippen molar-refractivity contribution in [1.29, 1.82) is 0 Å². The lowest BCUT2D eigenvalue weighted by molar-refractivity contribution is -0.117. The van der Waals surface area contributed by atoms with Gasteiger partial charge in [-0.3, -0.25) is 4.79 Å². The Kier molecular flexibility index (Phi) is 3.92. The fourth-order valence-electron chi connectivity index (χ4n) is 1.71. The SMILES string of the molecule is Cc1ccc(C(N)C(=O)Nc2cccc(F)c2)cc1. The Bertz CT molecular complexity index is 581. The van der Waals surface area contributed by atoms with Gasteiger partial charge in [0, 0.05) is 5.69 Å². The molecule has 0 spiro atoms. The number of hydrogen-bond acceptors (Lipinski definition) is 2. The van der Waals surface area contributed by atoms with Gasteiger partial charge >= 0.3 is 0 Å². The first kappa shape index (κ1) is 13.2. The Labute approximate surface area is 111 Å². The molecule has 0 aliphatic carbocycles. The molecule has 0 aliphatic heterocycles. The molecule has 1 atom stereocenters. The van der Waals surface area contributed by atoms with E-state index in [1.165, 1.54) is 18.2 Å². The van der Waals surface area contributed by atoms with Gasteiger partial charge in [0.15, 0.2) is 0 Å². The van der Waals surface area contributed by atoms with Crippen molar-refractivity contribution < 1.29 is 9.18 Å². The Morgan fingerprint density at radius 3 is 2.53 bits per heavy atom. The van der Waals surface area contributed by atoms with E-state index in [1.54, 1.807) is 6.07 Å². The predicted octanol–water partition coefficient (Wildman–Crippen LogP) is 2.77. The van der Waals surface area contributed by atoms with Gasteiger partial charge in [-0.1, -0.05) is 35.9 Å². The molecular weight excluding hydrogens is 243 g/mol. The topological polar surface area (TPSA) is 55.1 Å². The van der Waals surface area contributed by atoms with Gasteiger partial charge in [0.1, 0.15) is 11.9 Å². The highest BCUT2D eigenvalue weighted by molar-refractivity contribution is 5.95. The van der Waals surface area contributed by atoms with Gasteiger partial charge in [0.05, 0.1) is 0 Å². The van der Waals surface area contributed by atoms with Gasteiger partial charge in [-0.15, -0.1) is 0 Å². The van der Waals surface area contributed by atoms with Gasteiger partial charge in [0.2, 0.25) is 5.91 Å². The number of carbonyl (C=O) groups excluding carboxylic acids is 1. The standard InChI is InChI=1S/C15H15FN2O/c1-10-5-7-11(8-6-10)14(17)15(19)18-13-4-2-3-12(16)9-13/h2-9,14H,17H2,1H3,(H,18,19). The molecule has 3 nitrogen and oxygen atoms in total. The lowest BCUT2D eigenvalue weighted by atomic mass is 10.1. The smallest absolute Gasteiger partial charge is 0.245 e. The highest BCUT2D eigenvalue weighted by Crippen LogP contribution is 2.15. The van der Waals surface area contributed by atoms with Crippen molar-refractivity contribution in [2.75, 3.05) is 5.32 Å². The average Bonchev–Trinajstić information content (AvgIpc) is 2.39. The van der Waals surface area contributed by atoms with E-state index in [0.717, 1.165) is 11.1 Å².